The van der Waals surface area contributed by atoms with E-state index in [0.29, 0.717) is 0 Å². The molecule has 1 heterocycles. The van der Waals surface area contributed by atoms with E-state index in [-0.39, 0.29) is 24.0 Å². The van der Waals surface area contributed by atoms with Crippen molar-refractivity contribution in [3.63, 3.8) is 0 Å². The number of carbonyl (C=O) groups is 1. The quantitative estimate of drug-likeness (QED) is 0.888. The zero-order valence-corrected chi connectivity index (χ0v) is 12.7. The highest BCUT2D eigenvalue weighted by Gasteiger charge is 2.22. The SMILES string of the molecule is CCNC(CC(C)(C)C)c1ccc2c(c1)NC(=O)CO2. The number of fused-ring (bicyclic) bond motifs is 1. The lowest BCUT2D eigenvalue weighted by molar-refractivity contribution is -0.118. The lowest BCUT2D eigenvalue weighted by Gasteiger charge is -2.28. The van der Waals surface area contributed by atoms with E-state index in [1.165, 1.54) is 5.56 Å². The number of rotatable bonds is 4. The summed E-state index contributed by atoms with van der Waals surface area (Å²) >= 11 is 0. The molecule has 0 radical (unpaired) electrons. The molecule has 1 aromatic carbocycles. The monoisotopic (exact) mass is 276 g/mol. The molecule has 0 saturated carbocycles. The van der Waals surface area contributed by atoms with Gasteiger partial charge in [-0.1, -0.05) is 33.8 Å². The second-order valence-corrected chi connectivity index (χ2v) is 6.47. The molecule has 20 heavy (non-hydrogen) atoms. The topological polar surface area (TPSA) is 50.4 Å². The van der Waals surface area contributed by atoms with E-state index in [4.69, 9.17) is 4.74 Å². The number of nitrogens with one attached hydrogen (secondary N) is 2. The molecular weight excluding hydrogens is 252 g/mol. The predicted molar refractivity (Wildman–Crippen MR) is 81.1 cm³/mol. The summed E-state index contributed by atoms with van der Waals surface area (Å²) in [6, 6.07) is 6.32. The highest BCUT2D eigenvalue weighted by atomic mass is 16.5. The maximum absolute atomic E-state index is 11.4. The molecule has 1 unspecified atom stereocenters. The average Bonchev–Trinajstić information content (AvgIpc) is 2.36. The molecule has 1 amide bonds. The molecule has 0 bridgehead atoms. The summed E-state index contributed by atoms with van der Waals surface area (Å²) in [6.45, 7) is 9.84. The second-order valence-electron chi connectivity index (χ2n) is 6.47. The standard InChI is InChI=1S/C16H24N2O2/c1-5-17-13(9-16(2,3)4)11-6-7-14-12(8-11)18-15(19)10-20-14/h6-8,13,17H,5,9-10H2,1-4H3,(H,18,19). The largest absolute Gasteiger partial charge is 0.482 e. The van der Waals surface area contributed by atoms with Crippen molar-refractivity contribution in [2.45, 2.75) is 40.2 Å². The number of anilines is 1. The van der Waals surface area contributed by atoms with Crippen LogP contribution in [0.5, 0.6) is 5.75 Å². The van der Waals surface area contributed by atoms with Crippen molar-refractivity contribution in [2.75, 3.05) is 18.5 Å². The van der Waals surface area contributed by atoms with Gasteiger partial charge in [-0.2, -0.15) is 0 Å². The lowest BCUT2D eigenvalue weighted by atomic mass is 9.85. The van der Waals surface area contributed by atoms with Gasteiger partial charge < -0.3 is 15.4 Å². The van der Waals surface area contributed by atoms with Gasteiger partial charge in [0.05, 0.1) is 5.69 Å². The highest BCUT2D eigenvalue weighted by molar-refractivity contribution is 5.95. The summed E-state index contributed by atoms with van der Waals surface area (Å²) in [5, 5.41) is 6.39. The van der Waals surface area contributed by atoms with Crippen LogP contribution in [0.15, 0.2) is 18.2 Å². The predicted octanol–water partition coefficient (Wildman–Crippen LogP) is 3.10. The molecule has 0 fully saturated rings. The average molecular weight is 276 g/mol. The van der Waals surface area contributed by atoms with Crippen molar-refractivity contribution < 1.29 is 9.53 Å². The summed E-state index contributed by atoms with van der Waals surface area (Å²) < 4.78 is 5.40. The van der Waals surface area contributed by atoms with Crippen LogP contribution in [0.4, 0.5) is 5.69 Å². The zero-order valence-electron chi connectivity index (χ0n) is 12.7. The first kappa shape index (κ1) is 14.9. The Morgan fingerprint density at radius 1 is 1.40 bits per heavy atom. The van der Waals surface area contributed by atoms with E-state index >= 15 is 0 Å². The molecule has 1 aliphatic heterocycles. The van der Waals surface area contributed by atoms with Crippen molar-refractivity contribution in [3.8, 4) is 5.75 Å². The first-order chi connectivity index (χ1) is 9.39. The van der Waals surface area contributed by atoms with E-state index < -0.39 is 0 Å². The molecular formula is C16H24N2O2. The minimum atomic E-state index is -0.0922. The van der Waals surface area contributed by atoms with Gasteiger partial charge in [0.1, 0.15) is 5.75 Å². The number of benzene rings is 1. The fraction of sp³-hybridized carbons (Fsp3) is 0.562. The van der Waals surface area contributed by atoms with E-state index in [2.05, 4.69) is 44.4 Å². The normalized spacial score (nSPS) is 16.1. The first-order valence-corrected chi connectivity index (χ1v) is 7.19. The molecule has 2 N–H and O–H groups in total. The molecule has 4 heteroatoms. The van der Waals surface area contributed by atoms with Crippen LogP contribution in [-0.4, -0.2) is 19.1 Å². The molecule has 1 aromatic rings. The van der Waals surface area contributed by atoms with Crippen LogP contribution in [0.1, 0.15) is 45.7 Å². The summed E-state index contributed by atoms with van der Waals surface area (Å²) in [6.07, 6.45) is 1.04. The number of hydrogen-bond acceptors (Lipinski definition) is 3. The van der Waals surface area contributed by atoms with Gasteiger partial charge in [-0.15, -0.1) is 0 Å². The number of hydrogen-bond donors (Lipinski definition) is 2. The van der Waals surface area contributed by atoms with Crippen molar-refractivity contribution in [3.05, 3.63) is 23.8 Å². The van der Waals surface area contributed by atoms with Gasteiger partial charge in [0.15, 0.2) is 6.61 Å². The van der Waals surface area contributed by atoms with Crippen LogP contribution >= 0.6 is 0 Å². The number of amides is 1. The van der Waals surface area contributed by atoms with Crippen LogP contribution in [0.3, 0.4) is 0 Å². The fourth-order valence-corrected chi connectivity index (χ4v) is 2.48. The Hall–Kier alpha value is -1.55. The molecule has 4 nitrogen and oxygen atoms in total. The highest BCUT2D eigenvalue weighted by Crippen LogP contribution is 2.34. The van der Waals surface area contributed by atoms with Gasteiger partial charge in [0, 0.05) is 6.04 Å². The Morgan fingerprint density at radius 3 is 2.80 bits per heavy atom. The van der Waals surface area contributed by atoms with E-state index in [9.17, 15) is 4.79 Å². The zero-order chi connectivity index (χ0) is 14.8. The van der Waals surface area contributed by atoms with Crippen LogP contribution in [0, 0.1) is 5.41 Å². The molecule has 1 aliphatic rings. The van der Waals surface area contributed by atoms with Gasteiger partial charge in [-0.3, -0.25) is 4.79 Å². The summed E-state index contributed by atoms with van der Waals surface area (Å²) in [5.41, 5.74) is 2.20. The Kier molecular flexibility index (Phi) is 4.33. The van der Waals surface area contributed by atoms with E-state index in [0.717, 1.165) is 24.4 Å². The Morgan fingerprint density at radius 2 is 2.15 bits per heavy atom. The van der Waals surface area contributed by atoms with Gasteiger partial charge in [0.2, 0.25) is 0 Å². The molecule has 0 saturated heterocycles. The smallest absolute Gasteiger partial charge is 0.262 e. The maximum Gasteiger partial charge on any atom is 0.262 e. The molecule has 0 spiro atoms. The van der Waals surface area contributed by atoms with E-state index in [1.807, 2.05) is 12.1 Å². The van der Waals surface area contributed by atoms with Gasteiger partial charge >= 0.3 is 0 Å². The van der Waals surface area contributed by atoms with Crippen molar-refractivity contribution in [2.24, 2.45) is 5.41 Å². The third kappa shape index (κ3) is 3.73. The lowest BCUT2D eigenvalue weighted by Crippen LogP contribution is -2.27. The van der Waals surface area contributed by atoms with Crippen LogP contribution in [0.2, 0.25) is 0 Å². The summed E-state index contributed by atoms with van der Waals surface area (Å²) in [5.74, 6) is 0.657. The second kappa shape index (κ2) is 5.83. The molecule has 0 aromatic heterocycles. The minimum absolute atomic E-state index is 0.0922. The summed E-state index contributed by atoms with van der Waals surface area (Å²) in [7, 11) is 0. The van der Waals surface area contributed by atoms with Crippen LogP contribution < -0.4 is 15.4 Å². The molecule has 110 valence electrons. The third-order valence-electron chi connectivity index (χ3n) is 3.31. The van der Waals surface area contributed by atoms with Crippen LogP contribution in [0.25, 0.3) is 0 Å². The Bertz CT molecular complexity index is 492. The van der Waals surface area contributed by atoms with Crippen molar-refractivity contribution in [1.29, 1.82) is 0 Å². The molecule has 0 aliphatic carbocycles. The number of carbonyl (C=O) groups excluding carboxylic acids is 1. The first-order valence-electron chi connectivity index (χ1n) is 7.19. The van der Waals surface area contributed by atoms with Crippen molar-refractivity contribution >= 4 is 11.6 Å². The third-order valence-corrected chi connectivity index (χ3v) is 3.31. The maximum atomic E-state index is 11.4. The van der Waals surface area contributed by atoms with Crippen molar-refractivity contribution in [1.82, 2.24) is 5.32 Å². The Labute approximate surface area is 120 Å². The van der Waals surface area contributed by atoms with Gasteiger partial charge in [0.25, 0.3) is 5.91 Å². The number of ether oxygens (including phenoxy) is 1. The Balaban J connectivity index is 2.25. The molecule has 2 rings (SSSR count). The molecule has 1 atom stereocenters. The summed E-state index contributed by atoms with van der Waals surface area (Å²) in [4.78, 5) is 11.4. The fourth-order valence-electron chi connectivity index (χ4n) is 2.48. The van der Waals surface area contributed by atoms with Gasteiger partial charge in [-0.25, -0.2) is 0 Å². The van der Waals surface area contributed by atoms with Crippen LogP contribution in [-0.2, 0) is 4.79 Å². The van der Waals surface area contributed by atoms with Gasteiger partial charge in [-0.05, 0) is 36.1 Å². The minimum Gasteiger partial charge on any atom is -0.482 e. The van der Waals surface area contributed by atoms with E-state index in [1.54, 1.807) is 0 Å².